The molecular weight excluding hydrogens is 268 g/mol. The molecule has 0 aromatic heterocycles. The fourth-order valence-electron chi connectivity index (χ4n) is 1.90. The molecule has 0 N–H and O–H groups in total. The van der Waals surface area contributed by atoms with E-state index in [1.54, 1.807) is 11.8 Å². The molecule has 0 aliphatic carbocycles. The van der Waals surface area contributed by atoms with Crippen molar-refractivity contribution in [3.05, 3.63) is 66.2 Å². The van der Waals surface area contributed by atoms with Gasteiger partial charge in [-0.15, -0.1) is 11.8 Å². The second-order valence-electron chi connectivity index (χ2n) is 4.36. The number of carbonyl (C=O) groups excluding carboxylic acids is 1. The fraction of sp³-hybridized carbons (Fsp3) is 0.235. The highest BCUT2D eigenvalue weighted by atomic mass is 32.2. The summed E-state index contributed by atoms with van der Waals surface area (Å²) in [5, 5.41) is -0.209. The summed E-state index contributed by atoms with van der Waals surface area (Å²) in [6, 6.07) is 20.0. The summed E-state index contributed by atoms with van der Waals surface area (Å²) in [6.07, 6.45) is 0.680. The lowest BCUT2D eigenvalue weighted by molar-refractivity contribution is -0.142. The van der Waals surface area contributed by atoms with Gasteiger partial charge >= 0.3 is 5.97 Å². The molecule has 2 nitrogen and oxygen atoms in total. The summed E-state index contributed by atoms with van der Waals surface area (Å²) in [4.78, 5) is 13.2. The molecule has 0 fully saturated rings. The van der Waals surface area contributed by atoms with Crippen LogP contribution in [0.15, 0.2) is 65.6 Å². The predicted octanol–water partition coefficient (Wildman–Crippen LogP) is 3.95. The van der Waals surface area contributed by atoms with Crippen LogP contribution in [-0.2, 0) is 16.0 Å². The molecule has 0 saturated heterocycles. The zero-order valence-corrected chi connectivity index (χ0v) is 12.3. The normalized spacial score (nSPS) is 11.8. The van der Waals surface area contributed by atoms with E-state index in [1.165, 1.54) is 0 Å². The molecule has 0 radical (unpaired) electrons. The lowest BCUT2D eigenvalue weighted by atomic mass is 10.1. The van der Waals surface area contributed by atoms with Crippen LogP contribution in [0, 0.1) is 0 Å². The number of thioether (sulfide) groups is 1. The highest BCUT2D eigenvalue weighted by Crippen LogP contribution is 2.26. The van der Waals surface area contributed by atoms with Crippen LogP contribution in [0.5, 0.6) is 0 Å². The van der Waals surface area contributed by atoms with E-state index in [-0.39, 0.29) is 11.2 Å². The Bertz CT molecular complexity index is 484. The van der Waals surface area contributed by atoms with Crippen LogP contribution in [0.2, 0.25) is 0 Å². The van der Waals surface area contributed by atoms with Crippen molar-refractivity contribution in [3.63, 3.8) is 0 Å². The number of hydrogen-bond donors (Lipinski definition) is 0. The van der Waals surface area contributed by atoms with Gasteiger partial charge in [0.05, 0.1) is 6.61 Å². The number of ether oxygens (including phenoxy) is 1. The first-order valence-electron chi connectivity index (χ1n) is 6.72. The highest BCUT2D eigenvalue weighted by Gasteiger charge is 2.21. The molecule has 2 rings (SSSR count). The summed E-state index contributed by atoms with van der Waals surface area (Å²) in [5.74, 6) is -0.148. The fourth-order valence-corrected chi connectivity index (χ4v) is 2.98. The van der Waals surface area contributed by atoms with E-state index in [9.17, 15) is 4.79 Å². The molecule has 0 amide bonds. The zero-order valence-electron chi connectivity index (χ0n) is 11.5. The minimum atomic E-state index is -0.209. The number of carbonyl (C=O) groups is 1. The van der Waals surface area contributed by atoms with Crippen molar-refractivity contribution in [3.8, 4) is 0 Å². The van der Waals surface area contributed by atoms with Crippen molar-refractivity contribution in [1.29, 1.82) is 0 Å². The van der Waals surface area contributed by atoms with Gasteiger partial charge in [0, 0.05) is 4.90 Å². The van der Waals surface area contributed by atoms with E-state index in [2.05, 4.69) is 0 Å². The largest absolute Gasteiger partial charge is 0.465 e. The monoisotopic (exact) mass is 286 g/mol. The lowest BCUT2D eigenvalue weighted by Crippen LogP contribution is -2.22. The molecule has 0 aliphatic heterocycles. The summed E-state index contributed by atoms with van der Waals surface area (Å²) in [6.45, 7) is 2.25. The highest BCUT2D eigenvalue weighted by molar-refractivity contribution is 8.00. The molecule has 3 heteroatoms. The average molecular weight is 286 g/mol. The minimum absolute atomic E-state index is 0.148. The van der Waals surface area contributed by atoms with Crippen LogP contribution in [0.25, 0.3) is 0 Å². The molecule has 0 saturated carbocycles. The first kappa shape index (κ1) is 14.7. The topological polar surface area (TPSA) is 26.3 Å². The first-order chi connectivity index (χ1) is 9.79. The third-order valence-electron chi connectivity index (χ3n) is 2.83. The summed E-state index contributed by atoms with van der Waals surface area (Å²) >= 11 is 1.56. The minimum Gasteiger partial charge on any atom is -0.465 e. The van der Waals surface area contributed by atoms with Crippen molar-refractivity contribution < 1.29 is 9.53 Å². The maximum Gasteiger partial charge on any atom is 0.319 e. The molecular formula is C17H18O2S. The molecule has 1 atom stereocenters. The van der Waals surface area contributed by atoms with E-state index in [0.717, 1.165) is 10.5 Å². The third-order valence-corrected chi connectivity index (χ3v) is 4.02. The zero-order chi connectivity index (χ0) is 14.2. The third kappa shape index (κ3) is 4.42. The second-order valence-corrected chi connectivity index (χ2v) is 5.64. The van der Waals surface area contributed by atoms with Gasteiger partial charge in [-0.25, -0.2) is 0 Å². The molecule has 1 unspecified atom stereocenters. The van der Waals surface area contributed by atoms with E-state index in [4.69, 9.17) is 4.74 Å². The number of rotatable bonds is 6. The standard InChI is InChI=1S/C17H18O2S/c1-2-19-17(18)16(13-14-9-5-3-6-10-14)20-15-11-7-4-8-12-15/h3-12,16H,2,13H2,1H3. The van der Waals surface area contributed by atoms with Crippen molar-refractivity contribution in [2.24, 2.45) is 0 Å². The van der Waals surface area contributed by atoms with E-state index in [0.29, 0.717) is 13.0 Å². The Morgan fingerprint density at radius 3 is 2.25 bits per heavy atom. The van der Waals surface area contributed by atoms with Crippen LogP contribution in [0.3, 0.4) is 0 Å². The molecule has 2 aromatic carbocycles. The Morgan fingerprint density at radius 2 is 1.65 bits per heavy atom. The number of hydrogen-bond acceptors (Lipinski definition) is 3. The molecule has 104 valence electrons. The van der Waals surface area contributed by atoms with Crippen LogP contribution in [0.4, 0.5) is 0 Å². The summed E-state index contributed by atoms with van der Waals surface area (Å²) in [5.41, 5.74) is 1.15. The van der Waals surface area contributed by atoms with Gasteiger partial charge in [0.2, 0.25) is 0 Å². The average Bonchev–Trinajstić information content (AvgIpc) is 2.49. The summed E-state index contributed by atoms with van der Waals surface area (Å²) < 4.78 is 5.19. The smallest absolute Gasteiger partial charge is 0.319 e. The first-order valence-corrected chi connectivity index (χ1v) is 7.60. The van der Waals surface area contributed by atoms with E-state index >= 15 is 0 Å². The Balaban J connectivity index is 2.10. The van der Waals surface area contributed by atoms with Crippen molar-refractivity contribution in [2.75, 3.05) is 6.61 Å². The Morgan fingerprint density at radius 1 is 1.05 bits per heavy atom. The maximum atomic E-state index is 12.1. The van der Waals surface area contributed by atoms with Gasteiger partial charge in [-0.3, -0.25) is 4.79 Å². The quantitative estimate of drug-likeness (QED) is 0.594. The van der Waals surface area contributed by atoms with Gasteiger partial charge in [0.1, 0.15) is 5.25 Å². The van der Waals surface area contributed by atoms with E-state index in [1.807, 2.05) is 67.6 Å². The second kappa shape index (κ2) is 7.75. The van der Waals surface area contributed by atoms with Gasteiger partial charge in [0.25, 0.3) is 0 Å². The van der Waals surface area contributed by atoms with Crippen molar-refractivity contribution in [2.45, 2.75) is 23.5 Å². The van der Waals surface area contributed by atoms with Crippen LogP contribution in [-0.4, -0.2) is 17.8 Å². The van der Waals surface area contributed by atoms with Crippen LogP contribution < -0.4 is 0 Å². The lowest BCUT2D eigenvalue weighted by Gasteiger charge is -2.15. The Hall–Kier alpha value is -1.74. The number of benzene rings is 2. The van der Waals surface area contributed by atoms with Crippen molar-refractivity contribution in [1.82, 2.24) is 0 Å². The molecule has 0 spiro atoms. The van der Waals surface area contributed by atoms with E-state index < -0.39 is 0 Å². The molecule has 0 heterocycles. The van der Waals surface area contributed by atoms with Gasteiger partial charge < -0.3 is 4.74 Å². The summed E-state index contributed by atoms with van der Waals surface area (Å²) in [7, 11) is 0. The van der Waals surface area contributed by atoms with Gasteiger partial charge in [-0.1, -0.05) is 48.5 Å². The Labute approximate surface area is 124 Å². The van der Waals surface area contributed by atoms with Crippen LogP contribution in [0.1, 0.15) is 12.5 Å². The molecule has 0 aliphatic rings. The van der Waals surface area contributed by atoms with Crippen molar-refractivity contribution >= 4 is 17.7 Å². The number of esters is 1. The van der Waals surface area contributed by atoms with Gasteiger partial charge in [-0.05, 0) is 31.0 Å². The molecule has 2 aromatic rings. The van der Waals surface area contributed by atoms with Gasteiger partial charge in [-0.2, -0.15) is 0 Å². The van der Waals surface area contributed by atoms with Crippen LogP contribution >= 0.6 is 11.8 Å². The molecule has 0 bridgehead atoms. The molecule has 20 heavy (non-hydrogen) atoms. The SMILES string of the molecule is CCOC(=O)C(Cc1ccccc1)Sc1ccccc1. The Kier molecular flexibility index (Phi) is 5.69. The predicted molar refractivity (Wildman–Crippen MR) is 82.9 cm³/mol. The van der Waals surface area contributed by atoms with Gasteiger partial charge in [0.15, 0.2) is 0 Å². The maximum absolute atomic E-state index is 12.1.